The van der Waals surface area contributed by atoms with Crippen LogP contribution in [-0.4, -0.2) is 23.9 Å². The zero-order valence-corrected chi connectivity index (χ0v) is 15.4. The quantitative estimate of drug-likeness (QED) is 0.848. The molecule has 1 aliphatic carbocycles. The molecule has 0 bridgehead atoms. The SMILES string of the molecule is CC1CCCCC1NC(=O)[C@@H](NC(=O)c1ccc(Cl)cc1)C(C)C. The molecule has 2 amide bonds. The summed E-state index contributed by atoms with van der Waals surface area (Å²) >= 11 is 5.85. The van der Waals surface area contributed by atoms with Gasteiger partial charge in [-0.05, 0) is 48.9 Å². The van der Waals surface area contributed by atoms with E-state index >= 15 is 0 Å². The Labute approximate surface area is 149 Å². The lowest BCUT2D eigenvalue weighted by molar-refractivity contribution is -0.125. The van der Waals surface area contributed by atoms with Crippen molar-refractivity contribution in [3.05, 3.63) is 34.9 Å². The van der Waals surface area contributed by atoms with E-state index in [1.807, 2.05) is 13.8 Å². The Kier molecular flexibility index (Phi) is 6.67. The maximum absolute atomic E-state index is 12.7. The second kappa shape index (κ2) is 8.52. The van der Waals surface area contributed by atoms with E-state index in [2.05, 4.69) is 17.6 Å². The second-order valence-corrected chi connectivity index (χ2v) is 7.52. The Morgan fingerprint density at radius 1 is 1.12 bits per heavy atom. The normalized spacial score (nSPS) is 22.0. The van der Waals surface area contributed by atoms with Crippen molar-refractivity contribution in [2.24, 2.45) is 11.8 Å². The lowest BCUT2D eigenvalue weighted by Crippen LogP contribution is -2.53. The molecule has 3 atom stereocenters. The molecule has 1 saturated carbocycles. The zero-order valence-electron chi connectivity index (χ0n) is 14.6. The van der Waals surface area contributed by atoms with Crippen LogP contribution >= 0.6 is 11.6 Å². The standard InChI is InChI=1S/C19H27ClN2O2/c1-12(2)17(19(24)21-16-7-5-4-6-13(16)3)22-18(23)14-8-10-15(20)11-9-14/h8-13,16-17H,4-7H2,1-3H3,(H,21,24)(H,22,23)/t13?,16?,17-/m0/s1. The fraction of sp³-hybridized carbons (Fsp3) is 0.579. The van der Waals surface area contributed by atoms with Crippen molar-refractivity contribution in [2.45, 2.75) is 58.5 Å². The van der Waals surface area contributed by atoms with Gasteiger partial charge in [-0.3, -0.25) is 9.59 Å². The Bertz CT molecular complexity index is 571. The van der Waals surface area contributed by atoms with Gasteiger partial charge >= 0.3 is 0 Å². The average molecular weight is 351 g/mol. The number of carbonyl (C=O) groups is 2. The van der Waals surface area contributed by atoms with Crippen LogP contribution in [0.25, 0.3) is 0 Å². The lowest BCUT2D eigenvalue weighted by Gasteiger charge is -2.32. The van der Waals surface area contributed by atoms with E-state index in [-0.39, 0.29) is 23.8 Å². The maximum atomic E-state index is 12.7. The molecular formula is C19H27ClN2O2. The molecule has 1 aromatic carbocycles. The van der Waals surface area contributed by atoms with Crippen LogP contribution in [0.1, 0.15) is 56.8 Å². The summed E-state index contributed by atoms with van der Waals surface area (Å²) in [6.45, 7) is 6.06. The largest absolute Gasteiger partial charge is 0.351 e. The van der Waals surface area contributed by atoms with Gasteiger partial charge in [0.25, 0.3) is 5.91 Å². The van der Waals surface area contributed by atoms with Crippen molar-refractivity contribution in [1.29, 1.82) is 0 Å². The lowest BCUT2D eigenvalue weighted by atomic mass is 9.85. The minimum Gasteiger partial charge on any atom is -0.351 e. The number of carbonyl (C=O) groups excluding carboxylic acids is 2. The van der Waals surface area contributed by atoms with Crippen LogP contribution in [0, 0.1) is 11.8 Å². The van der Waals surface area contributed by atoms with Gasteiger partial charge in [-0.1, -0.05) is 45.2 Å². The third kappa shape index (κ3) is 4.97. The van der Waals surface area contributed by atoms with Gasteiger partial charge < -0.3 is 10.6 Å². The van der Waals surface area contributed by atoms with Gasteiger partial charge in [0.05, 0.1) is 0 Å². The molecule has 0 aromatic heterocycles. The van der Waals surface area contributed by atoms with Crippen molar-refractivity contribution < 1.29 is 9.59 Å². The number of halogens is 1. The Morgan fingerprint density at radius 2 is 1.75 bits per heavy atom. The molecule has 0 aliphatic heterocycles. The van der Waals surface area contributed by atoms with Gasteiger partial charge in [-0.25, -0.2) is 0 Å². The minimum absolute atomic E-state index is 0.0140. The highest BCUT2D eigenvalue weighted by Gasteiger charge is 2.29. The van der Waals surface area contributed by atoms with Crippen LogP contribution in [-0.2, 0) is 4.79 Å². The summed E-state index contributed by atoms with van der Waals surface area (Å²) in [5, 5.41) is 6.58. The van der Waals surface area contributed by atoms with E-state index in [0.29, 0.717) is 16.5 Å². The summed E-state index contributed by atoms with van der Waals surface area (Å²) in [6, 6.07) is 6.34. The molecule has 1 fully saturated rings. The van der Waals surface area contributed by atoms with E-state index in [9.17, 15) is 9.59 Å². The van der Waals surface area contributed by atoms with Crippen molar-refractivity contribution in [3.63, 3.8) is 0 Å². The molecule has 1 aromatic rings. The van der Waals surface area contributed by atoms with Crippen molar-refractivity contribution in [2.75, 3.05) is 0 Å². The van der Waals surface area contributed by atoms with E-state index in [4.69, 9.17) is 11.6 Å². The van der Waals surface area contributed by atoms with Crippen LogP contribution in [0.15, 0.2) is 24.3 Å². The summed E-state index contributed by atoms with van der Waals surface area (Å²) in [7, 11) is 0. The van der Waals surface area contributed by atoms with Crippen LogP contribution in [0.5, 0.6) is 0 Å². The minimum atomic E-state index is -0.540. The smallest absolute Gasteiger partial charge is 0.251 e. The molecule has 4 nitrogen and oxygen atoms in total. The van der Waals surface area contributed by atoms with Crippen LogP contribution in [0.2, 0.25) is 5.02 Å². The van der Waals surface area contributed by atoms with Gasteiger partial charge in [0.15, 0.2) is 0 Å². The first-order chi connectivity index (χ1) is 11.4. The fourth-order valence-electron chi connectivity index (χ4n) is 3.16. The molecular weight excluding hydrogens is 324 g/mol. The second-order valence-electron chi connectivity index (χ2n) is 7.08. The van der Waals surface area contributed by atoms with Crippen molar-refractivity contribution >= 4 is 23.4 Å². The number of nitrogens with one attached hydrogen (secondary N) is 2. The topological polar surface area (TPSA) is 58.2 Å². The number of rotatable bonds is 5. The van der Waals surface area contributed by atoms with Crippen LogP contribution in [0.3, 0.4) is 0 Å². The first-order valence-electron chi connectivity index (χ1n) is 8.75. The fourth-order valence-corrected chi connectivity index (χ4v) is 3.29. The van der Waals surface area contributed by atoms with Gasteiger partial charge in [-0.15, -0.1) is 0 Å². The summed E-state index contributed by atoms with van der Waals surface area (Å²) in [6.07, 6.45) is 4.55. The molecule has 0 heterocycles. The molecule has 132 valence electrons. The summed E-state index contributed by atoms with van der Waals surface area (Å²) in [5.41, 5.74) is 0.504. The molecule has 2 rings (SSSR count). The van der Waals surface area contributed by atoms with Gasteiger partial charge in [-0.2, -0.15) is 0 Å². The predicted octanol–water partition coefficient (Wildman–Crippen LogP) is 3.79. The summed E-state index contributed by atoms with van der Waals surface area (Å²) < 4.78 is 0. The average Bonchev–Trinajstić information content (AvgIpc) is 2.54. The first-order valence-corrected chi connectivity index (χ1v) is 9.13. The molecule has 24 heavy (non-hydrogen) atoms. The highest BCUT2D eigenvalue weighted by atomic mass is 35.5. The maximum Gasteiger partial charge on any atom is 0.251 e. The first kappa shape index (κ1) is 18.8. The summed E-state index contributed by atoms with van der Waals surface area (Å²) in [5.74, 6) is 0.158. The van der Waals surface area contributed by atoms with Crippen molar-refractivity contribution in [1.82, 2.24) is 10.6 Å². The van der Waals surface area contributed by atoms with Crippen molar-refractivity contribution in [3.8, 4) is 0 Å². The number of hydrogen-bond acceptors (Lipinski definition) is 2. The third-order valence-corrected chi connectivity index (χ3v) is 5.03. The van der Waals surface area contributed by atoms with Gasteiger partial charge in [0.2, 0.25) is 5.91 Å². The molecule has 1 aliphatic rings. The predicted molar refractivity (Wildman–Crippen MR) is 97.1 cm³/mol. The molecule has 0 spiro atoms. The van der Waals surface area contributed by atoms with Gasteiger partial charge in [0, 0.05) is 16.6 Å². The van der Waals surface area contributed by atoms with E-state index in [1.54, 1.807) is 24.3 Å². The highest BCUT2D eigenvalue weighted by molar-refractivity contribution is 6.30. The highest BCUT2D eigenvalue weighted by Crippen LogP contribution is 2.24. The van der Waals surface area contributed by atoms with Crippen LogP contribution in [0.4, 0.5) is 0 Å². The zero-order chi connectivity index (χ0) is 17.7. The number of amides is 2. The summed E-state index contributed by atoms with van der Waals surface area (Å²) in [4.78, 5) is 25.1. The molecule has 2 N–H and O–H groups in total. The Balaban J connectivity index is 2.01. The van der Waals surface area contributed by atoms with E-state index < -0.39 is 6.04 Å². The molecule has 2 unspecified atom stereocenters. The molecule has 5 heteroatoms. The number of hydrogen-bond donors (Lipinski definition) is 2. The number of benzene rings is 1. The third-order valence-electron chi connectivity index (χ3n) is 4.78. The molecule has 0 radical (unpaired) electrons. The van der Waals surface area contributed by atoms with Gasteiger partial charge in [0.1, 0.15) is 6.04 Å². The molecule has 0 saturated heterocycles. The van der Waals surface area contributed by atoms with Crippen LogP contribution < -0.4 is 10.6 Å². The monoisotopic (exact) mass is 350 g/mol. The Morgan fingerprint density at radius 3 is 2.33 bits per heavy atom. The van der Waals surface area contributed by atoms with E-state index in [1.165, 1.54) is 6.42 Å². The Hall–Kier alpha value is -1.55. The van der Waals surface area contributed by atoms with E-state index in [0.717, 1.165) is 19.3 Å².